The molecule has 1 spiro atoms. The van der Waals surface area contributed by atoms with Gasteiger partial charge in [0.1, 0.15) is 11.3 Å². The largest absolute Gasteiger partial charge is 0.419 e. The maximum Gasteiger partial charge on any atom is 0.348 e. The van der Waals surface area contributed by atoms with Crippen molar-refractivity contribution in [1.82, 2.24) is 4.98 Å². The fraction of sp³-hybridized carbons (Fsp3) is 0.308. The van der Waals surface area contributed by atoms with Crippen LogP contribution in [0.1, 0.15) is 61.9 Å². The Morgan fingerprint density at radius 1 is 1.00 bits per heavy atom. The van der Waals surface area contributed by atoms with Crippen LogP contribution in [0, 0.1) is 30.1 Å². The lowest BCUT2D eigenvalue weighted by molar-refractivity contribution is -0.232. The molecule has 0 N–H and O–H groups in total. The molecule has 6 heteroatoms. The lowest BCUT2D eigenvalue weighted by Gasteiger charge is -2.32. The van der Waals surface area contributed by atoms with Crippen LogP contribution >= 0.6 is 0 Å². The molecule has 6 nitrogen and oxygen atoms in total. The van der Waals surface area contributed by atoms with Crippen LogP contribution in [0.2, 0.25) is 0 Å². The van der Waals surface area contributed by atoms with Gasteiger partial charge in [-0.3, -0.25) is 0 Å². The number of aromatic nitrogens is 1. The van der Waals surface area contributed by atoms with Crippen LogP contribution in [-0.4, -0.2) is 22.7 Å². The molecule has 2 aromatic rings. The normalized spacial score (nSPS) is 15.5. The van der Waals surface area contributed by atoms with Gasteiger partial charge in [0, 0.05) is 24.6 Å². The van der Waals surface area contributed by atoms with E-state index in [-0.39, 0.29) is 5.57 Å². The Hall–Kier alpha value is -3.90. The molecular weight excluding hydrogens is 404 g/mol. The zero-order valence-corrected chi connectivity index (χ0v) is 18.6. The van der Waals surface area contributed by atoms with Crippen LogP contribution in [-0.2, 0) is 19.1 Å². The Balaban J connectivity index is 0.000000217. The van der Waals surface area contributed by atoms with E-state index in [1.165, 1.54) is 0 Å². The van der Waals surface area contributed by atoms with Gasteiger partial charge in [-0.2, -0.15) is 5.26 Å². The first-order valence-electron chi connectivity index (χ1n) is 10.5. The average molecular weight is 431 g/mol. The van der Waals surface area contributed by atoms with E-state index >= 15 is 0 Å². The van der Waals surface area contributed by atoms with E-state index in [4.69, 9.17) is 14.7 Å². The number of nitrogens with zero attached hydrogens (tertiary/aromatic N) is 2. The van der Waals surface area contributed by atoms with Gasteiger partial charge in [0.05, 0.1) is 11.6 Å². The van der Waals surface area contributed by atoms with Gasteiger partial charge < -0.3 is 9.47 Å². The van der Waals surface area contributed by atoms with E-state index < -0.39 is 17.7 Å². The number of pyridine rings is 1. The van der Waals surface area contributed by atoms with E-state index in [1.54, 1.807) is 12.3 Å². The maximum atomic E-state index is 11.1. The van der Waals surface area contributed by atoms with Crippen LogP contribution in [0.4, 0.5) is 0 Å². The highest BCUT2D eigenvalue weighted by Crippen LogP contribution is 2.37. The third-order valence-electron chi connectivity index (χ3n) is 4.62. The number of carbonyl (C=O) groups excluding carboxylic acids is 2. The zero-order valence-electron chi connectivity index (χ0n) is 18.6. The molecule has 2 aliphatic rings. The van der Waals surface area contributed by atoms with Crippen LogP contribution in [0.25, 0.3) is 0 Å². The van der Waals surface area contributed by atoms with Crippen LogP contribution < -0.4 is 0 Å². The van der Waals surface area contributed by atoms with Gasteiger partial charge in [0.2, 0.25) is 0 Å². The fourth-order valence-corrected chi connectivity index (χ4v) is 3.18. The number of aryl methyl sites for hydroxylation is 1. The molecule has 0 unspecified atom stereocenters. The summed E-state index contributed by atoms with van der Waals surface area (Å²) in [7, 11) is 0. The quantitative estimate of drug-likeness (QED) is 0.263. The highest BCUT2D eigenvalue weighted by atomic mass is 16.7. The number of carbonyl (C=O) groups is 2. The number of ether oxygens (including phenoxy) is 2. The molecule has 0 bridgehead atoms. The van der Waals surface area contributed by atoms with E-state index in [2.05, 4.69) is 29.5 Å². The highest BCUT2D eigenvalue weighted by Gasteiger charge is 2.47. The zero-order chi connectivity index (χ0) is 23.6. The molecule has 32 heavy (non-hydrogen) atoms. The molecule has 2 heterocycles. The smallest absolute Gasteiger partial charge is 0.348 e. The van der Waals surface area contributed by atoms with Crippen molar-refractivity contribution in [2.24, 2.45) is 0 Å². The fourth-order valence-electron chi connectivity index (χ4n) is 3.18. The molecule has 1 aliphatic heterocycles. The van der Waals surface area contributed by atoms with E-state index in [0.29, 0.717) is 18.4 Å². The van der Waals surface area contributed by atoms with Crippen molar-refractivity contribution in [1.29, 1.82) is 5.26 Å². The lowest BCUT2D eigenvalue weighted by Crippen LogP contribution is -2.44. The summed E-state index contributed by atoms with van der Waals surface area (Å²) in [5, 5.41) is 8.86. The first-order valence-corrected chi connectivity index (χ1v) is 10.5. The molecule has 1 saturated carbocycles. The van der Waals surface area contributed by atoms with Crippen molar-refractivity contribution in [3.8, 4) is 17.9 Å². The minimum Gasteiger partial charge on any atom is -0.419 e. The molecule has 1 saturated heterocycles. The molecule has 164 valence electrons. The molecule has 0 atom stereocenters. The van der Waals surface area contributed by atoms with Gasteiger partial charge in [0.15, 0.2) is 0 Å². The number of benzene rings is 1. The van der Waals surface area contributed by atoms with Crippen LogP contribution in [0.3, 0.4) is 0 Å². The summed E-state index contributed by atoms with van der Waals surface area (Å²) in [6.45, 7) is 9.23. The monoisotopic (exact) mass is 430 g/mol. The predicted molar refractivity (Wildman–Crippen MR) is 120 cm³/mol. The third-order valence-corrected chi connectivity index (χ3v) is 4.62. The van der Waals surface area contributed by atoms with Crippen molar-refractivity contribution in [3.63, 3.8) is 0 Å². The first kappa shape index (κ1) is 24.4. The SMILES string of the molecule is C=C1C(=O)OC2(CCCC2)OC1=O.CC.Cc1cc(C#N)cc(C#Cc2ccccn2)c1. The predicted octanol–water partition coefficient (Wildman–Crippen LogP) is 4.60. The summed E-state index contributed by atoms with van der Waals surface area (Å²) < 4.78 is 10.1. The lowest BCUT2D eigenvalue weighted by atomic mass is 10.1. The van der Waals surface area contributed by atoms with Gasteiger partial charge in [-0.25, -0.2) is 14.6 Å². The number of hydrogen-bond acceptors (Lipinski definition) is 6. The molecule has 1 aliphatic carbocycles. The molecule has 1 aromatic carbocycles. The Bertz CT molecular complexity index is 1060. The summed E-state index contributed by atoms with van der Waals surface area (Å²) in [5.41, 5.74) is 3.03. The molecular formula is C26H26N2O4. The second-order valence-electron chi connectivity index (χ2n) is 7.04. The second-order valence-corrected chi connectivity index (χ2v) is 7.04. The summed E-state index contributed by atoms with van der Waals surface area (Å²) in [6, 6.07) is 13.3. The van der Waals surface area contributed by atoms with Gasteiger partial charge in [-0.15, -0.1) is 0 Å². The minimum atomic E-state index is -0.963. The third kappa shape index (κ3) is 6.55. The van der Waals surface area contributed by atoms with Crippen molar-refractivity contribution in [2.75, 3.05) is 0 Å². The highest BCUT2D eigenvalue weighted by molar-refractivity contribution is 6.14. The van der Waals surface area contributed by atoms with Gasteiger partial charge in [-0.1, -0.05) is 32.4 Å². The molecule has 4 rings (SSSR count). The van der Waals surface area contributed by atoms with E-state index in [1.807, 2.05) is 51.1 Å². The minimum absolute atomic E-state index is 0.211. The number of hydrogen-bond donors (Lipinski definition) is 0. The average Bonchev–Trinajstić information content (AvgIpc) is 3.25. The second kappa shape index (κ2) is 11.5. The van der Waals surface area contributed by atoms with Crippen molar-refractivity contribution in [3.05, 3.63) is 77.1 Å². The molecule has 2 fully saturated rings. The number of rotatable bonds is 0. The summed E-state index contributed by atoms with van der Waals surface area (Å²) in [5.74, 6) is 3.74. The first-order chi connectivity index (χ1) is 15.4. The molecule has 0 radical (unpaired) electrons. The van der Waals surface area contributed by atoms with Crippen molar-refractivity contribution < 1.29 is 19.1 Å². The number of esters is 2. The maximum absolute atomic E-state index is 11.1. The Kier molecular flexibility index (Phi) is 8.74. The molecule has 0 amide bonds. The Morgan fingerprint density at radius 3 is 2.19 bits per heavy atom. The van der Waals surface area contributed by atoms with Gasteiger partial charge in [-0.05, 0) is 61.6 Å². The van der Waals surface area contributed by atoms with Crippen LogP contribution in [0.15, 0.2) is 54.7 Å². The standard InChI is InChI=1S/C15H10N2.C9H10O4.C2H6/c1-12-8-13(10-14(9-12)11-16)5-6-15-4-2-3-7-17-15;1-6-7(10)12-9(13-8(6)11)4-2-3-5-9;1-2/h2-4,7-10H,1H3;1-5H2;1-2H3. The van der Waals surface area contributed by atoms with Gasteiger partial charge in [0.25, 0.3) is 5.79 Å². The Morgan fingerprint density at radius 2 is 1.62 bits per heavy atom. The molecule has 1 aromatic heterocycles. The topological polar surface area (TPSA) is 89.3 Å². The summed E-state index contributed by atoms with van der Waals surface area (Å²) in [4.78, 5) is 26.4. The van der Waals surface area contributed by atoms with Crippen molar-refractivity contribution in [2.45, 2.75) is 52.2 Å². The van der Waals surface area contributed by atoms with E-state index in [9.17, 15) is 9.59 Å². The van der Waals surface area contributed by atoms with Gasteiger partial charge >= 0.3 is 11.9 Å². The summed E-state index contributed by atoms with van der Waals surface area (Å²) in [6.07, 6.45) is 4.77. The number of nitriles is 1. The van der Waals surface area contributed by atoms with E-state index in [0.717, 1.165) is 29.7 Å². The van der Waals surface area contributed by atoms with Crippen molar-refractivity contribution >= 4 is 11.9 Å². The Labute approximate surface area is 188 Å². The van der Waals surface area contributed by atoms with Crippen LogP contribution in [0.5, 0.6) is 0 Å². The summed E-state index contributed by atoms with van der Waals surface area (Å²) >= 11 is 0.